The van der Waals surface area contributed by atoms with Gasteiger partial charge >= 0.3 is 5.97 Å². The second-order valence-corrected chi connectivity index (χ2v) is 17.9. The van der Waals surface area contributed by atoms with Crippen molar-refractivity contribution < 1.29 is 69.0 Å². The first-order valence-electron chi connectivity index (χ1n) is 26.5. The fraction of sp³-hybridized carbons (Fsp3) is 0.667. The Bertz CT molecular complexity index is 1580. The van der Waals surface area contributed by atoms with E-state index in [4.69, 9.17) is 28.4 Å². The molecule has 0 bridgehead atoms. The highest BCUT2D eigenvalue weighted by atomic mass is 16.7. The van der Waals surface area contributed by atoms with Crippen molar-refractivity contribution in [1.29, 1.82) is 0 Å². The first-order chi connectivity index (χ1) is 34.6. The van der Waals surface area contributed by atoms with E-state index >= 15 is 0 Å². The summed E-state index contributed by atoms with van der Waals surface area (Å²) in [6.07, 6.45) is 41.7. The minimum Gasteiger partial charge on any atom is -0.457 e. The highest BCUT2D eigenvalue weighted by Gasteiger charge is 2.47. The lowest BCUT2D eigenvalue weighted by Gasteiger charge is -2.42. The number of aliphatic hydroxyl groups is 7. The lowest BCUT2D eigenvalue weighted by molar-refractivity contribution is -0.332. The molecule has 14 heteroatoms. The number of carbonyl (C=O) groups excluding carboxylic acids is 1. The van der Waals surface area contributed by atoms with E-state index in [1.165, 1.54) is 19.3 Å². The monoisotopic (exact) mass is 1000 g/mol. The minimum atomic E-state index is -1.73. The van der Waals surface area contributed by atoms with Gasteiger partial charge in [-0.1, -0.05) is 162 Å². The van der Waals surface area contributed by atoms with Gasteiger partial charge in [0.25, 0.3) is 0 Å². The molecule has 404 valence electrons. The maximum absolute atomic E-state index is 13.0. The van der Waals surface area contributed by atoms with Gasteiger partial charge in [0.05, 0.1) is 33.0 Å². The highest BCUT2D eigenvalue weighted by Crippen LogP contribution is 2.26. The number of hydrogen-bond acceptors (Lipinski definition) is 14. The molecule has 0 aromatic heterocycles. The molecule has 0 saturated carbocycles. The Morgan fingerprint density at radius 2 is 0.873 bits per heavy atom. The number of aliphatic hydroxyl groups excluding tert-OH is 7. The summed E-state index contributed by atoms with van der Waals surface area (Å²) in [5, 5.41) is 72.2. The molecular weight excluding hydrogens is 909 g/mol. The first kappa shape index (κ1) is 63.8. The number of hydrogen-bond donors (Lipinski definition) is 7. The smallest absolute Gasteiger partial charge is 0.306 e. The van der Waals surface area contributed by atoms with Crippen LogP contribution >= 0.6 is 0 Å². The summed E-state index contributed by atoms with van der Waals surface area (Å²) in [6, 6.07) is 0. The fourth-order valence-corrected chi connectivity index (χ4v) is 7.57. The van der Waals surface area contributed by atoms with Crippen molar-refractivity contribution in [3.63, 3.8) is 0 Å². The third-order valence-corrected chi connectivity index (χ3v) is 11.8. The first-order valence-corrected chi connectivity index (χ1v) is 26.5. The quantitative estimate of drug-likeness (QED) is 0.0175. The molecule has 14 nitrogen and oxygen atoms in total. The molecule has 2 rings (SSSR count). The van der Waals surface area contributed by atoms with Gasteiger partial charge in [0.2, 0.25) is 0 Å². The van der Waals surface area contributed by atoms with Gasteiger partial charge in [-0.25, -0.2) is 0 Å². The van der Waals surface area contributed by atoms with Crippen LogP contribution < -0.4 is 0 Å². The van der Waals surface area contributed by atoms with Crippen molar-refractivity contribution in [3.8, 4) is 0 Å². The Balaban J connectivity index is 1.79. The molecule has 0 aromatic carbocycles. The van der Waals surface area contributed by atoms with Crippen molar-refractivity contribution in [2.45, 2.75) is 210 Å². The second kappa shape index (κ2) is 43.1. The molecule has 11 unspecified atom stereocenters. The average molecular weight is 1000 g/mol. The highest BCUT2D eigenvalue weighted by molar-refractivity contribution is 5.69. The van der Waals surface area contributed by atoms with Gasteiger partial charge in [0.15, 0.2) is 12.6 Å². The maximum Gasteiger partial charge on any atom is 0.306 e. The zero-order chi connectivity index (χ0) is 51.6. The molecule has 7 N–H and O–H groups in total. The average Bonchev–Trinajstić information content (AvgIpc) is 3.37. The number of rotatable bonds is 40. The molecule has 0 radical (unpaired) electrons. The van der Waals surface area contributed by atoms with Gasteiger partial charge in [-0.3, -0.25) is 4.79 Å². The van der Waals surface area contributed by atoms with Crippen molar-refractivity contribution in [2.75, 3.05) is 33.0 Å². The van der Waals surface area contributed by atoms with E-state index in [1.807, 2.05) is 6.08 Å². The van der Waals surface area contributed by atoms with Crippen molar-refractivity contribution in [3.05, 3.63) is 109 Å². The lowest BCUT2D eigenvalue weighted by atomic mass is 9.98. The fourth-order valence-electron chi connectivity index (χ4n) is 7.57. The molecule has 0 aromatic rings. The van der Waals surface area contributed by atoms with Gasteiger partial charge < -0.3 is 64.2 Å². The normalized spacial score (nSPS) is 26.2. The van der Waals surface area contributed by atoms with Crippen LogP contribution in [-0.2, 0) is 33.2 Å². The largest absolute Gasteiger partial charge is 0.457 e. The van der Waals surface area contributed by atoms with E-state index in [0.29, 0.717) is 19.4 Å². The molecule has 0 amide bonds. The lowest BCUT2D eigenvalue weighted by Crippen LogP contribution is -2.61. The number of ether oxygens (including phenoxy) is 6. The van der Waals surface area contributed by atoms with Crippen LogP contribution in [0.3, 0.4) is 0 Å². The minimum absolute atomic E-state index is 0.00360. The van der Waals surface area contributed by atoms with E-state index in [0.717, 1.165) is 89.9 Å². The molecule has 71 heavy (non-hydrogen) atoms. The molecule has 11 atom stereocenters. The van der Waals surface area contributed by atoms with Crippen LogP contribution in [0.2, 0.25) is 0 Å². The molecule has 0 aliphatic carbocycles. The third kappa shape index (κ3) is 30.4. The summed E-state index contributed by atoms with van der Waals surface area (Å²) in [7, 11) is 0. The number of carbonyl (C=O) groups is 1. The molecule has 2 saturated heterocycles. The van der Waals surface area contributed by atoms with Crippen LogP contribution in [0.1, 0.15) is 142 Å². The number of esters is 1. The molecular formula is C57H92O14. The zero-order valence-electron chi connectivity index (χ0n) is 42.9. The Labute approximate surface area is 425 Å². The van der Waals surface area contributed by atoms with E-state index < -0.39 is 86.7 Å². The van der Waals surface area contributed by atoms with Crippen LogP contribution in [0, 0.1) is 0 Å². The second-order valence-electron chi connectivity index (χ2n) is 17.9. The summed E-state index contributed by atoms with van der Waals surface area (Å²) in [6.45, 7) is 3.19. The van der Waals surface area contributed by atoms with Crippen LogP contribution in [0.25, 0.3) is 0 Å². The molecule has 2 fully saturated rings. The summed E-state index contributed by atoms with van der Waals surface area (Å²) >= 11 is 0. The maximum atomic E-state index is 13.0. The summed E-state index contributed by atoms with van der Waals surface area (Å²) in [4.78, 5) is 13.0. The van der Waals surface area contributed by atoms with Gasteiger partial charge in [0, 0.05) is 6.42 Å². The topological polar surface area (TPSA) is 214 Å². The van der Waals surface area contributed by atoms with Crippen molar-refractivity contribution >= 4 is 5.97 Å². The Morgan fingerprint density at radius 1 is 0.465 bits per heavy atom. The summed E-state index contributed by atoms with van der Waals surface area (Å²) in [5.41, 5.74) is 0. The number of unbranched alkanes of at least 4 members (excludes halogenated alkanes) is 8. The van der Waals surface area contributed by atoms with Crippen LogP contribution in [0.15, 0.2) is 109 Å². The summed E-state index contributed by atoms with van der Waals surface area (Å²) < 4.78 is 34.2. The Kier molecular flexibility index (Phi) is 38.7. The van der Waals surface area contributed by atoms with E-state index in [1.54, 1.807) is 0 Å². The predicted octanol–water partition coefficient (Wildman–Crippen LogP) is 8.40. The van der Waals surface area contributed by atoms with Crippen molar-refractivity contribution in [2.24, 2.45) is 0 Å². The van der Waals surface area contributed by atoms with E-state index in [9.17, 15) is 40.5 Å². The molecule has 2 heterocycles. The van der Waals surface area contributed by atoms with Gasteiger partial charge in [-0.15, -0.1) is 0 Å². The molecule has 0 spiro atoms. The van der Waals surface area contributed by atoms with Gasteiger partial charge in [-0.2, -0.15) is 0 Å². The predicted molar refractivity (Wildman–Crippen MR) is 279 cm³/mol. The van der Waals surface area contributed by atoms with Crippen LogP contribution in [0.5, 0.6) is 0 Å². The van der Waals surface area contributed by atoms with Gasteiger partial charge in [-0.05, 0) is 83.5 Å². The summed E-state index contributed by atoms with van der Waals surface area (Å²) in [5.74, 6) is -0.415. The van der Waals surface area contributed by atoms with Crippen molar-refractivity contribution in [1.82, 2.24) is 0 Å². The van der Waals surface area contributed by atoms with Crippen LogP contribution in [0.4, 0.5) is 0 Å². The Morgan fingerprint density at radius 3 is 1.37 bits per heavy atom. The van der Waals surface area contributed by atoms with Crippen LogP contribution in [-0.4, -0.2) is 142 Å². The Hall–Kier alpha value is -3.35. The van der Waals surface area contributed by atoms with E-state index in [-0.39, 0.29) is 19.6 Å². The zero-order valence-corrected chi connectivity index (χ0v) is 42.9. The SMILES string of the molecule is CC/C=C\C/C=C\C/C=C\C/C=C\C/C=C\CCOCC(COC1OC(COC2OC(CO)C(O)C(O)C2O)C(O)C(O)C1O)OC(=O)CCCCCCCCCC/C=C\C/C=C\C/C=C\C/C=C\CC. The van der Waals surface area contributed by atoms with E-state index in [2.05, 4.69) is 117 Å². The molecule has 2 aliphatic heterocycles. The molecule has 2 aliphatic rings. The van der Waals surface area contributed by atoms with Gasteiger partial charge in [0.1, 0.15) is 54.9 Å². The standard InChI is InChI=1S/C57H92O14/c1-3-5-7-9-11-13-15-17-19-21-22-23-24-25-26-28-30-32-34-36-38-40-49(59)69-46(43-66-41-39-37-35-33-31-29-27-20-18-16-14-12-10-8-6-4-2)44-67-56-55(65)53(63)51(61)48(71-56)45-68-57-54(64)52(62)50(60)47(42-58)70-57/h5-8,11-14,17-20,22-23,29,31,35,37,46-48,50-58,60-65H,3-4,9-10,15-16,21,24-28,30,32-34,36,38-45H2,1-2H3/b7-5-,8-6-,13-11-,14-12-,19-17-,20-18-,23-22-,31-29-,37-35-. The number of allylic oxidation sites excluding steroid dienone is 17. The third-order valence-electron chi connectivity index (χ3n) is 11.8.